The second kappa shape index (κ2) is 9.54. The Hall–Kier alpha value is -2.62. The number of rotatable bonds is 4. The lowest BCUT2D eigenvalue weighted by molar-refractivity contribution is 0.0983. The first kappa shape index (κ1) is 20.1. The summed E-state index contributed by atoms with van der Waals surface area (Å²) in [7, 11) is 0. The van der Waals surface area contributed by atoms with E-state index in [1.165, 1.54) is 5.56 Å². The molecule has 0 atom stereocenters. The highest BCUT2D eigenvalue weighted by Gasteiger charge is 2.24. The van der Waals surface area contributed by atoms with Crippen LogP contribution in [0.15, 0.2) is 59.6 Å². The van der Waals surface area contributed by atoms with Gasteiger partial charge in [-0.15, -0.1) is 0 Å². The van der Waals surface area contributed by atoms with Gasteiger partial charge in [0.15, 0.2) is 0 Å². The number of likely N-dealkylation sites (tertiary alicyclic amines) is 1. The Morgan fingerprint density at radius 1 is 1.07 bits per heavy atom. The lowest BCUT2D eigenvalue weighted by Gasteiger charge is -2.34. The third-order valence-electron chi connectivity index (χ3n) is 5.17. The summed E-state index contributed by atoms with van der Waals surface area (Å²) >= 11 is 0. The molecule has 0 aromatic heterocycles. The Balaban J connectivity index is 1.67. The average molecular weight is 379 g/mol. The molecule has 1 saturated heterocycles. The van der Waals surface area contributed by atoms with Crippen molar-refractivity contribution in [1.82, 2.24) is 4.90 Å². The van der Waals surface area contributed by atoms with Crippen molar-refractivity contribution in [3.63, 3.8) is 0 Å². The number of amides is 1. The first-order chi connectivity index (χ1) is 13.5. The number of benzene rings is 2. The number of hydrogen-bond donors (Lipinski definition) is 0. The molecule has 0 radical (unpaired) electrons. The van der Waals surface area contributed by atoms with Crippen molar-refractivity contribution in [2.45, 2.75) is 46.1 Å². The summed E-state index contributed by atoms with van der Waals surface area (Å²) in [4.78, 5) is 19.2. The maximum atomic E-state index is 12.7. The molecule has 1 fully saturated rings. The molecule has 2 aromatic rings. The van der Waals surface area contributed by atoms with E-state index in [4.69, 9.17) is 4.74 Å². The zero-order chi connectivity index (χ0) is 19.9. The molecule has 0 bridgehead atoms. The van der Waals surface area contributed by atoms with Crippen LogP contribution in [0.1, 0.15) is 48.2 Å². The van der Waals surface area contributed by atoms with Crippen molar-refractivity contribution < 1.29 is 9.53 Å². The number of aliphatic imine (C=N–C) groups is 1. The molecule has 3 rings (SSSR count). The van der Waals surface area contributed by atoms with E-state index in [0.717, 1.165) is 37.9 Å². The number of nitrogens with zero attached hydrogens (tertiary/aromatic N) is 2. The second-order valence-corrected chi connectivity index (χ2v) is 7.80. The molecule has 0 saturated carbocycles. The first-order valence-electron chi connectivity index (χ1n) is 10.2. The summed E-state index contributed by atoms with van der Waals surface area (Å²) in [5.41, 5.74) is 2.95. The third-order valence-corrected chi connectivity index (χ3v) is 5.17. The van der Waals surface area contributed by atoms with Gasteiger partial charge in [0, 0.05) is 18.7 Å². The predicted octanol–water partition coefficient (Wildman–Crippen LogP) is 4.87. The molecule has 0 aliphatic carbocycles. The standard InChI is InChI=1S/C24H30N2O2/c1-18(2)28-24(25-23(27)22-12-8-7-9-19(22)3)26-15-13-21(14-16-26)17-20-10-5-4-6-11-20/h4-12,18,21H,13-17H2,1-3H3. The average Bonchev–Trinajstić information content (AvgIpc) is 2.69. The maximum absolute atomic E-state index is 12.7. The molecule has 4 heteroatoms. The van der Waals surface area contributed by atoms with Gasteiger partial charge in [-0.05, 0) is 63.1 Å². The van der Waals surface area contributed by atoms with Crippen molar-refractivity contribution in [3.05, 3.63) is 71.3 Å². The number of piperidine rings is 1. The third kappa shape index (κ3) is 5.44. The Labute approximate surface area is 168 Å². The quantitative estimate of drug-likeness (QED) is 0.563. The summed E-state index contributed by atoms with van der Waals surface area (Å²) in [5, 5.41) is 0. The van der Waals surface area contributed by atoms with Gasteiger partial charge in [-0.25, -0.2) is 0 Å². The van der Waals surface area contributed by atoms with E-state index in [0.29, 0.717) is 17.5 Å². The van der Waals surface area contributed by atoms with Crippen molar-refractivity contribution in [2.24, 2.45) is 10.9 Å². The normalized spacial score (nSPS) is 15.7. The van der Waals surface area contributed by atoms with Crippen LogP contribution in [0.25, 0.3) is 0 Å². The van der Waals surface area contributed by atoms with E-state index in [1.807, 2.05) is 45.0 Å². The minimum Gasteiger partial charge on any atom is -0.462 e. The zero-order valence-electron chi connectivity index (χ0n) is 17.1. The van der Waals surface area contributed by atoms with Gasteiger partial charge in [0.2, 0.25) is 0 Å². The van der Waals surface area contributed by atoms with Crippen LogP contribution in [0, 0.1) is 12.8 Å². The van der Waals surface area contributed by atoms with E-state index in [9.17, 15) is 4.79 Å². The number of ether oxygens (including phenoxy) is 1. The molecule has 2 aromatic carbocycles. The van der Waals surface area contributed by atoms with Gasteiger partial charge in [0.25, 0.3) is 11.9 Å². The highest BCUT2D eigenvalue weighted by molar-refractivity contribution is 6.02. The molecule has 148 valence electrons. The highest BCUT2D eigenvalue weighted by Crippen LogP contribution is 2.22. The van der Waals surface area contributed by atoms with Crippen LogP contribution in [0.4, 0.5) is 0 Å². The molecule has 0 spiro atoms. The van der Waals surface area contributed by atoms with Gasteiger partial charge in [-0.2, -0.15) is 4.99 Å². The summed E-state index contributed by atoms with van der Waals surface area (Å²) in [6, 6.07) is 18.7. The molecular formula is C24H30N2O2. The van der Waals surface area contributed by atoms with E-state index in [-0.39, 0.29) is 12.0 Å². The summed E-state index contributed by atoms with van der Waals surface area (Å²) in [5.74, 6) is 0.422. The zero-order valence-corrected chi connectivity index (χ0v) is 17.1. The Morgan fingerprint density at radius 2 is 1.71 bits per heavy atom. The topological polar surface area (TPSA) is 41.9 Å². The summed E-state index contributed by atoms with van der Waals surface area (Å²) in [6.07, 6.45) is 3.24. The second-order valence-electron chi connectivity index (χ2n) is 7.80. The molecule has 0 unspecified atom stereocenters. The Bertz CT molecular complexity index is 806. The Morgan fingerprint density at radius 3 is 2.36 bits per heavy atom. The minimum absolute atomic E-state index is 0.0227. The van der Waals surface area contributed by atoms with Crippen LogP contribution in [0.3, 0.4) is 0 Å². The van der Waals surface area contributed by atoms with Crippen LogP contribution in [0.2, 0.25) is 0 Å². The fourth-order valence-corrected chi connectivity index (χ4v) is 3.62. The molecular weight excluding hydrogens is 348 g/mol. The lowest BCUT2D eigenvalue weighted by atomic mass is 9.90. The molecule has 1 heterocycles. The van der Waals surface area contributed by atoms with E-state index >= 15 is 0 Å². The number of carbonyl (C=O) groups is 1. The molecule has 28 heavy (non-hydrogen) atoms. The number of carbonyl (C=O) groups excluding carboxylic acids is 1. The van der Waals surface area contributed by atoms with Crippen LogP contribution >= 0.6 is 0 Å². The summed E-state index contributed by atoms with van der Waals surface area (Å²) < 4.78 is 5.93. The van der Waals surface area contributed by atoms with E-state index < -0.39 is 0 Å². The van der Waals surface area contributed by atoms with Gasteiger partial charge in [-0.1, -0.05) is 48.5 Å². The van der Waals surface area contributed by atoms with Gasteiger partial charge in [0.05, 0.1) is 6.10 Å². The van der Waals surface area contributed by atoms with Crippen LogP contribution in [-0.4, -0.2) is 36.0 Å². The number of amidine groups is 1. The number of aryl methyl sites for hydroxylation is 1. The maximum Gasteiger partial charge on any atom is 0.295 e. The minimum atomic E-state index is -0.236. The molecule has 1 aliphatic rings. The molecule has 4 nitrogen and oxygen atoms in total. The van der Waals surface area contributed by atoms with Gasteiger partial charge in [0.1, 0.15) is 0 Å². The molecule has 1 aliphatic heterocycles. The molecule has 0 N–H and O–H groups in total. The van der Waals surface area contributed by atoms with Crippen molar-refractivity contribution in [2.75, 3.05) is 13.1 Å². The van der Waals surface area contributed by atoms with Crippen LogP contribution in [-0.2, 0) is 11.2 Å². The van der Waals surface area contributed by atoms with Gasteiger partial charge >= 0.3 is 0 Å². The predicted molar refractivity (Wildman–Crippen MR) is 114 cm³/mol. The van der Waals surface area contributed by atoms with E-state index in [1.54, 1.807) is 0 Å². The highest BCUT2D eigenvalue weighted by atomic mass is 16.5. The summed E-state index contributed by atoms with van der Waals surface area (Å²) in [6.45, 7) is 7.60. The fraction of sp³-hybridized carbons (Fsp3) is 0.417. The van der Waals surface area contributed by atoms with E-state index in [2.05, 4.69) is 40.2 Å². The van der Waals surface area contributed by atoms with Crippen LogP contribution < -0.4 is 0 Å². The monoisotopic (exact) mass is 378 g/mol. The van der Waals surface area contributed by atoms with Gasteiger partial charge < -0.3 is 9.64 Å². The lowest BCUT2D eigenvalue weighted by Crippen LogP contribution is -2.41. The van der Waals surface area contributed by atoms with Crippen molar-refractivity contribution >= 4 is 11.9 Å². The Kier molecular flexibility index (Phi) is 6.85. The SMILES string of the molecule is Cc1ccccc1C(=O)N=C(OC(C)C)N1CCC(Cc2ccccc2)CC1. The largest absolute Gasteiger partial charge is 0.462 e. The van der Waals surface area contributed by atoms with Crippen LogP contribution in [0.5, 0.6) is 0 Å². The molecule has 1 amide bonds. The number of hydrogen-bond acceptors (Lipinski definition) is 2. The fourth-order valence-electron chi connectivity index (χ4n) is 3.62. The van der Waals surface area contributed by atoms with Gasteiger partial charge in [-0.3, -0.25) is 4.79 Å². The van der Waals surface area contributed by atoms with Crippen molar-refractivity contribution in [3.8, 4) is 0 Å². The smallest absolute Gasteiger partial charge is 0.295 e. The first-order valence-corrected chi connectivity index (χ1v) is 10.2. The van der Waals surface area contributed by atoms with Crippen molar-refractivity contribution in [1.29, 1.82) is 0 Å².